The van der Waals surface area contributed by atoms with E-state index in [1.807, 2.05) is 0 Å². The molecule has 36 heavy (non-hydrogen) atoms. The summed E-state index contributed by atoms with van der Waals surface area (Å²) < 4.78 is 26.7. The van der Waals surface area contributed by atoms with Gasteiger partial charge in [0.15, 0.2) is 0 Å². The summed E-state index contributed by atoms with van der Waals surface area (Å²) in [5, 5.41) is 23.4. The van der Waals surface area contributed by atoms with Crippen molar-refractivity contribution in [2.24, 2.45) is 12.8 Å². The van der Waals surface area contributed by atoms with E-state index >= 15 is 0 Å². The molecule has 2 aliphatic rings. The number of hydrogen-bond donors (Lipinski definition) is 4. The second kappa shape index (κ2) is 10.1. The molecule has 2 unspecified atom stereocenters. The SMILES string of the molecule is Cn1nnnc1SCC1=C(C(=O)O)N2C(=O)C(NC(=O)C(N)c3cccc(NS(C)(=O)=O)c3)[C@@H]2SC1. The number of β-lactam (4-membered cyclic amide) rings is 1. The lowest BCUT2D eigenvalue weighted by Gasteiger charge is -2.49. The lowest BCUT2D eigenvalue weighted by molar-refractivity contribution is -0.150. The van der Waals surface area contributed by atoms with E-state index in [-0.39, 0.29) is 17.1 Å². The second-order valence-electron chi connectivity index (χ2n) is 8.00. The number of carbonyl (C=O) groups excluding carboxylic acids is 2. The number of anilines is 1. The Bertz CT molecular complexity index is 1360. The number of aryl methyl sites for hydroxylation is 1. The fourth-order valence-corrected chi connectivity index (χ4v) is 6.58. The third-order valence-electron chi connectivity index (χ3n) is 5.34. The predicted molar refractivity (Wildman–Crippen MR) is 131 cm³/mol. The first-order valence-electron chi connectivity index (χ1n) is 10.3. The number of carboxylic acid groups (broad SMARTS) is 1. The summed E-state index contributed by atoms with van der Waals surface area (Å²) >= 11 is 2.59. The molecule has 2 amide bonds. The average Bonchev–Trinajstić information content (AvgIpc) is 3.23. The van der Waals surface area contributed by atoms with Crippen LogP contribution >= 0.6 is 23.5 Å². The number of hydrogen-bond acceptors (Lipinski definition) is 11. The quantitative estimate of drug-likeness (QED) is 0.220. The Morgan fingerprint density at radius 3 is 2.78 bits per heavy atom. The average molecular weight is 555 g/mol. The van der Waals surface area contributed by atoms with Crippen LogP contribution in [0.1, 0.15) is 11.6 Å². The van der Waals surface area contributed by atoms with E-state index in [0.717, 1.165) is 6.26 Å². The van der Waals surface area contributed by atoms with Crippen LogP contribution < -0.4 is 15.8 Å². The molecule has 5 N–H and O–H groups in total. The third kappa shape index (κ3) is 5.32. The smallest absolute Gasteiger partial charge is 0.352 e. The van der Waals surface area contributed by atoms with Gasteiger partial charge in [-0.2, -0.15) is 0 Å². The van der Waals surface area contributed by atoms with Crippen molar-refractivity contribution in [2.75, 3.05) is 22.5 Å². The van der Waals surface area contributed by atoms with Crippen LogP contribution in [0.5, 0.6) is 0 Å². The summed E-state index contributed by atoms with van der Waals surface area (Å²) in [5.41, 5.74) is 7.07. The van der Waals surface area contributed by atoms with E-state index in [4.69, 9.17) is 5.73 Å². The molecule has 1 fully saturated rings. The molecule has 192 valence electrons. The molecule has 1 aromatic carbocycles. The zero-order valence-corrected chi connectivity index (χ0v) is 21.4. The number of fused-ring (bicyclic) bond motifs is 1. The molecular weight excluding hydrogens is 532 g/mol. The van der Waals surface area contributed by atoms with E-state index < -0.39 is 45.3 Å². The first-order chi connectivity index (χ1) is 17.0. The molecule has 1 aromatic heterocycles. The number of nitrogens with zero attached hydrogens (tertiary/aromatic N) is 5. The van der Waals surface area contributed by atoms with Crippen LogP contribution in [0, 0.1) is 0 Å². The molecule has 1 saturated heterocycles. The van der Waals surface area contributed by atoms with Gasteiger partial charge in [0.1, 0.15) is 23.2 Å². The van der Waals surface area contributed by atoms with Gasteiger partial charge in [-0.3, -0.25) is 19.2 Å². The Morgan fingerprint density at radius 2 is 2.14 bits per heavy atom. The standard InChI is InChI=1S/C19H22N8O6S3/c1-26-19(22-24-25-26)35-8-10-7-34-17-13(16(29)27(17)14(10)18(30)31)21-15(28)12(20)9-4-3-5-11(6-9)23-36(2,32)33/h3-6,12-13,17,23H,7-8,20H2,1-2H3,(H,21,28)(H,30,31)/t12?,13?,17-/m0/s1. The molecule has 0 spiro atoms. The molecule has 0 bridgehead atoms. The van der Waals surface area contributed by atoms with E-state index in [0.29, 0.717) is 22.0 Å². The first kappa shape index (κ1) is 25.9. The minimum atomic E-state index is -3.52. The van der Waals surface area contributed by atoms with Gasteiger partial charge in [-0.25, -0.2) is 17.9 Å². The number of nitrogens with one attached hydrogen (secondary N) is 2. The largest absolute Gasteiger partial charge is 0.477 e. The van der Waals surface area contributed by atoms with Gasteiger partial charge in [-0.15, -0.1) is 16.9 Å². The lowest BCUT2D eigenvalue weighted by Crippen LogP contribution is -2.71. The molecule has 2 aliphatic heterocycles. The summed E-state index contributed by atoms with van der Waals surface area (Å²) in [7, 11) is -1.86. The number of tetrazole rings is 1. The minimum Gasteiger partial charge on any atom is -0.477 e. The molecule has 17 heteroatoms. The Hall–Kier alpha value is -3.15. The number of aliphatic carboxylic acids is 1. The number of carbonyl (C=O) groups is 3. The predicted octanol–water partition coefficient (Wildman–Crippen LogP) is -0.888. The van der Waals surface area contributed by atoms with Crippen molar-refractivity contribution >= 4 is 57.0 Å². The van der Waals surface area contributed by atoms with Crippen LogP contribution in [0.4, 0.5) is 5.69 Å². The minimum absolute atomic E-state index is 0.110. The molecule has 0 saturated carbocycles. The van der Waals surface area contributed by atoms with Crippen LogP contribution in [0.3, 0.4) is 0 Å². The number of sulfonamides is 1. The zero-order valence-electron chi connectivity index (χ0n) is 19.0. The van der Waals surface area contributed by atoms with Crippen molar-refractivity contribution in [3.8, 4) is 0 Å². The van der Waals surface area contributed by atoms with Gasteiger partial charge in [-0.1, -0.05) is 23.9 Å². The molecule has 2 aromatic rings. The fraction of sp³-hybridized carbons (Fsp3) is 0.368. The van der Waals surface area contributed by atoms with E-state index in [1.54, 1.807) is 19.2 Å². The van der Waals surface area contributed by atoms with E-state index in [2.05, 4.69) is 25.6 Å². The Labute approximate surface area is 214 Å². The Morgan fingerprint density at radius 1 is 1.39 bits per heavy atom. The monoisotopic (exact) mass is 554 g/mol. The van der Waals surface area contributed by atoms with Gasteiger partial charge in [0.25, 0.3) is 5.91 Å². The third-order valence-corrected chi connectivity index (χ3v) is 8.38. The van der Waals surface area contributed by atoms with Crippen molar-refractivity contribution in [3.63, 3.8) is 0 Å². The van der Waals surface area contributed by atoms with Gasteiger partial charge in [-0.05, 0) is 33.7 Å². The number of rotatable bonds is 9. The van der Waals surface area contributed by atoms with Crippen LogP contribution in [0.25, 0.3) is 0 Å². The second-order valence-corrected chi connectivity index (χ2v) is 11.8. The first-order valence-corrected chi connectivity index (χ1v) is 14.3. The van der Waals surface area contributed by atoms with Crippen LogP contribution in [-0.4, -0.2) is 85.6 Å². The van der Waals surface area contributed by atoms with Crippen LogP contribution in [0.15, 0.2) is 40.7 Å². The maximum Gasteiger partial charge on any atom is 0.352 e. The maximum absolute atomic E-state index is 12.9. The van der Waals surface area contributed by atoms with Crippen molar-refractivity contribution in [1.82, 2.24) is 30.4 Å². The number of amides is 2. The number of aromatic nitrogens is 4. The molecule has 0 radical (unpaired) electrons. The van der Waals surface area contributed by atoms with Gasteiger partial charge < -0.3 is 16.2 Å². The number of thioether (sulfide) groups is 2. The molecule has 4 rings (SSSR count). The zero-order chi connectivity index (χ0) is 26.2. The molecule has 0 aliphatic carbocycles. The Kier molecular flexibility index (Phi) is 7.26. The highest BCUT2D eigenvalue weighted by molar-refractivity contribution is 8.01. The molecule has 14 nitrogen and oxygen atoms in total. The molecule has 3 heterocycles. The summed E-state index contributed by atoms with van der Waals surface area (Å²) in [6, 6.07) is 3.92. The summed E-state index contributed by atoms with van der Waals surface area (Å²) in [6.45, 7) is 0. The van der Waals surface area contributed by atoms with E-state index in [1.165, 1.54) is 45.2 Å². The normalized spacial score (nSPS) is 20.4. The van der Waals surface area contributed by atoms with Crippen molar-refractivity contribution in [2.45, 2.75) is 22.6 Å². The highest BCUT2D eigenvalue weighted by Crippen LogP contribution is 2.41. The molecular formula is C19H22N8O6S3. The van der Waals surface area contributed by atoms with Crippen molar-refractivity contribution < 1.29 is 27.9 Å². The van der Waals surface area contributed by atoms with Gasteiger partial charge in [0.2, 0.25) is 21.1 Å². The number of nitrogens with two attached hydrogens (primary N) is 1. The highest BCUT2D eigenvalue weighted by Gasteiger charge is 2.54. The highest BCUT2D eigenvalue weighted by atomic mass is 32.2. The summed E-state index contributed by atoms with van der Waals surface area (Å²) in [6.07, 6.45) is 0.999. The van der Waals surface area contributed by atoms with Gasteiger partial charge in [0.05, 0.1) is 6.26 Å². The summed E-state index contributed by atoms with van der Waals surface area (Å²) in [5.74, 6) is -1.83. The fourth-order valence-electron chi connectivity index (χ4n) is 3.69. The number of benzene rings is 1. The van der Waals surface area contributed by atoms with Gasteiger partial charge >= 0.3 is 5.97 Å². The summed E-state index contributed by atoms with van der Waals surface area (Å²) in [4.78, 5) is 38.9. The van der Waals surface area contributed by atoms with Crippen molar-refractivity contribution in [1.29, 1.82) is 0 Å². The van der Waals surface area contributed by atoms with Gasteiger partial charge in [0, 0.05) is 24.2 Å². The van der Waals surface area contributed by atoms with E-state index in [9.17, 15) is 27.9 Å². The molecule has 3 atom stereocenters. The number of carboxylic acids is 1. The topological polar surface area (TPSA) is 202 Å². The van der Waals surface area contributed by atoms with Crippen molar-refractivity contribution in [3.05, 3.63) is 41.1 Å². The lowest BCUT2D eigenvalue weighted by atomic mass is 10.0. The maximum atomic E-state index is 12.9. The van der Waals surface area contributed by atoms with Crippen LogP contribution in [0.2, 0.25) is 0 Å². The van der Waals surface area contributed by atoms with Crippen LogP contribution in [-0.2, 0) is 31.5 Å². The Balaban J connectivity index is 1.44.